The van der Waals surface area contributed by atoms with Crippen molar-refractivity contribution >= 4 is 29.4 Å². The minimum atomic E-state index is -0.554. The zero-order chi connectivity index (χ0) is 24.1. The van der Waals surface area contributed by atoms with Gasteiger partial charge in [0.05, 0.1) is 35.9 Å². The summed E-state index contributed by atoms with van der Waals surface area (Å²) in [5.41, 5.74) is 1.35. The molecule has 2 aromatic rings. The van der Waals surface area contributed by atoms with E-state index in [4.69, 9.17) is 4.74 Å². The number of hydrogen-bond donors (Lipinski definition) is 0. The smallest absolute Gasteiger partial charge is 0.338 e. The normalized spacial score (nSPS) is 18.9. The van der Waals surface area contributed by atoms with E-state index in [2.05, 4.69) is 4.98 Å². The molecule has 0 radical (unpaired) electrons. The third kappa shape index (κ3) is 4.99. The minimum Gasteiger partial charge on any atom is -0.462 e. The minimum absolute atomic E-state index is 0.0866. The lowest BCUT2D eigenvalue weighted by atomic mass is 10.1. The third-order valence-corrected chi connectivity index (χ3v) is 6.17. The molecule has 4 rings (SSSR count). The Morgan fingerprint density at radius 2 is 1.76 bits per heavy atom. The number of amides is 3. The van der Waals surface area contributed by atoms with E-state index >= 15 is 0 Å². The van der Waals surface area contributed by atoms with Gasteiger partial charge in [-0.15, -0.1) is 0 Å². The molecule has 0 bridgehead atoms. The van der Waals surface area contributed by atoms with Crippen LogP contribution in [0, 0.1) is 0 Å². The SMILES string of the molecule is CCCCOC(=O)c1ccc(N2C(=O)C[C@H](N3CCN(C(=O)c4cccnc4)CC3)C2=O)cc1. The molecular weight excluding hydrogens is 436 g/mol. The van der Waals surface area contributed by atoms with Crippen LogP contribution >= 0.6 is 0 Å². The lowest BCUT2D eigenvalue weighted by Crippen LogP contribution is -2.53. The molecular formula is C25H28N4O5. The van der Waals surface area contributed by atoms with E-state index in [0.717, 1.165) is 12.8 Å². The number of esters is 1. The first kappa shape index (κ1) is 23.6. The molecule has 178 valence electrons. The molecule has 0 spiro atoms. The first-order valence-corrected chi connectivity index (χ1v) is 11.6. The summed E-state index contributed by atoms with van der Waals surface area (Å²) in [6, 6.07) is 9.23. The van der Waals surface area contributed by atoms with Gasteiger partial charge in [0.15, 0.2) is 0 Å². The highest BCUT2D eigenvalue weighted by Crippen LogP contribution is 2.27. The van der Waals surface area contributed by atoms with Crippen LogP contribution in [0.5, 0.6) is 0 Å². The van der Waals surface area contributed by atoms with E-state index in [-0.39, 0.29) is 24.1 Å². The highest BCUT2D eigenvalue weighted by Gasteiger charge is 2.43. The van der Waals surface area contributed by atoms with E-state index in [1.165, 1.54) is 4.90 Å². The van der Waals surface area contributed by atoms with Gasteiger partial charge in [-0.3, -0.25) is 24.3 Å². The van der Waals surface area contributed by atoms with Gasteiger partial charge in [-0.1, -0.05) is 13.3 Å². The fraction of sp³-hybridized carbons (Fsp3) is 0.400. The van der Waals surface area contributed by atoms with Crippen molar-refractivity contribution in [3.63, 3.8) is 0 Å². The molecule has 3 amide bonds. The van der Waals surface area contributed by atoms with Gasteiger partial charge in [0, 0.05) is 38.6 Å². The maximum atomic E-state index is 13.1. The monoisotopic (exact) mass is 464 g/mol. The van der Waals surface area contributed by atoms with Crippen LogP contribution in [-0.2, 0) is 14.3 Å². The second-order valence-corrected chi connectivity index (χ2v) is 8.39. The number of aromatic nitrogens is 1. The first-order chi connectivity index (χ1) is 16.5. The number of carbonyl (C=O) groups excluding carboxylic acids is 4. The lowest BCUT2D eigenvalue weighted by Gasteiger charge is -2.37. The number of anilines is 1. The summed E-state index contributed by atoms with van der Waals surface area (Å²) in [5.74, 6) is -1.07. The zero-order valence-electron chi connectivity index (χ0n) is 19.2. The molecule has 2 aliphatic rings. The van der Waals surface area contributed by atoms with Crippen molar-refractivity contribution in [2.45, 2.75) is 32.2 Å². The van der Waals surface area contributed by atoms with Crippen LogP contribution in [0.25, 0.3) is 0 Å². The van der Waals surface area contributed by atoms with Crippen molar-refractivity contribution in [2.24, 2.45) is 0 Å². The molecule has 2 aliphatic heterocycles. The van der Waals surface area contributed by atoms with Gasteiger partial charge >= 0.3 is 5.97 Å². The summed E-state index contributed by atoms with van der Waals surface area (Å²) >= 11 is 0. The average molecular weight is 465 g/mol. The van der Waals surface area contributed by atoms with Crippen molar-refractivity contribution in [1.82, 2.24) is 14.8 Å². The van der Waals surface area contributed by atoms with Crippen LogP contribution in [0.3, 0.4) is 0 Å². The summed E-state index contributed by atoms with van der Waals surface area (Å²) in [6.45, 7) is 4.34. The van der Waals surface area contributed by atoms with E-state index in [1.807, 2.05) is 11.8 Å². The standard InChI is InChI=1S/C25H28N4O5/c1-2-3-15-34-25(33)18-6-8-20(9-7-18)29-22(30)16-21(24(29)32)27-11-13-28(14-12-27)23(31)19-5-4-10-26-17-19/h4-10,17,21H,2-3,11-16H2,1H3/t21-/m0/s1. The predicted octanol–water partition coefficient (Wildman–Crippen LogP) is 2.13. The van der Waals surface area contributed by atoms with Gasteiger partial charge in [-0.05, 0) is 42.8 Å². The Balaban J connectivity index is 1.36. The van der Waals surface area contributed by atoms with Crippen LogP contribution in [0.15, 0.2) is 48.8 Å². The average Bonchev–Trinajstić information content (AvgIpc) is 3.18. The van der Waals surface area contributed by atoms with Crippen LogP contribution in [-0.4, -0.2) is 77.3 Å². The van der Waals surface area contributed by atoms with E-state index in [0.29, 0.717) is 49.6 Å². The summed E-state index contributed by atoms with van der Waals surface area (Å²) in [6.07, 6.45) is 4.99. The van der Waals surface area contributed by atoms with Crippen LogP contribution in [0.2, 0.25) is 0 Å². The Kier molecular flexibility index (Phi) is 7.32. The zero-order valence-corrected chi connectivity index (χ0v) is 19.2. The second kappa shape index (κ2) is 10.6. The molecule has 9 heteroatoms. The molecule has 1 aromatic carbocycles. The molecule has 0 aliphatic carbocycles. The van der Waals surface area contributed by atoms with Crippen molar-refractivity contribution < 1.29 is 23.9 Å². The maximum absolute atomic E-state index is 13.1. The van der Waals surface area contributed by atoms with E-state index in [1.54, 1.807) is 53.7 Å². The number of pyridine rings is 1. The number of imide groups is 1. The fourth-order valence-electron chi connectivity index (χ4n) is 4.22. The molecule has 3 heterocycles. The molecule has 1 aromatic heterocycles. The number of piperazine rings is 1. The van der Waals surface area contributed by atoms with Crippen LogP contribution in [0.4, 0.5) is 5.69 Å². The number of unbranched alkanes of at least 4 members (excludes halogenated alkanes) is 1. The van der Waals surface area contributed by atoms with Gasteiger partial charge in [0.25, 0.3) is 11.8 Å². The third-order valence-electron chi connectivity index (χ3n) is 6.17. The Morgan fingerprint density at radius 1 is 1.03 bits per heavy atom. The second-order valence-electron chi connectivity index (χ2n) is 8.39. The largest absolute Gasteiger partial charge is 0.462 e. The van der Waals surface area contributed by atoms with Gasteiger partial charge in [-0.25, -0.2) is 9.69 Å². The van der Waals surface area contributed by atoms with Crippen LogP contribution < -0.4 is 4.90 Å². The van der Waals surface area contributed by atoms with Gasteiger partial charge in [0.2, 0.25) is 5.91 Å². The van der Waals surface area contributed by atoms with Crippen LogP contribution in [0.1, 0.15) is 46.9 Å². The highest BCUT2D eigenvalue weighted by molar-refractivity contribution is 6.22. The number of ether oxygens (including phenoxy) is 1. The number of rotatable bonds is 7. The van der Waals surface area contributed by atoms with Crippen molar-refractivity contribution in [1.29, 1.82) is 0 Å². The lowest BCUT2D eigenvalue weighted by molar-refractivity contribution is -0.123. The van der Waals surface area contributed by atoms with Gasteiger partial charge < -0.3 is 9.64 Å². The van der Waals surface area contributed by atoms with Gasteiger partial charge in [0.1, 0.15) is 0 Å². The number of benzene rings is 1. The molecule has 0 N–H and O–H groups in total. The van der Waals surface area contributed by atoms with E-state index in [9.17, 15) is 19.2 Å². The number of nitrogens with zero attached hydrogens (tertiary/aromatic N) is 4. The van der Waals surface area contributed by atoms with E-state index < -0.39 is 12.0 Å². The summed E-state index contributed by atoms with van der Waals surface area (Å²) < 4.78 is 5.20. The topological polar surface area (TPSA) is 100 Å². The predicted molar refractivity (Wildman–Crippen MR) is 124 cm³/mol. The summed E-state index contributed by atoms with van der Waals surface area (Å²) in [5, 5.41) is 0. The molecule has 2 saturated heterocycles. The number of hydrogen-bond acceptors (Lipinski definition) is 7. The molecule has 2 fully saturated rings. The first-order valence-electron chi connectivity index (χ1n) is 11.6. The van der Waals surface area contributed by atoms with Crippen molar-refractivity contribution in [3.8, 4) is 0 Å². The molecule has 1 atom stereocenters. The van der Waals surface area contributed by atoms with Crippen molar-refractivity contribution in [3.05, 3.63) is 59.9 Å². The summed E-state index contributed by atoms with van der Waals surface area (Å²) in [7, 11) is 0. The number of carbonyl (C=O) groups is 4. The quantitative estimate of drug-likeness (QED) is 0.352. The molecule has 0 saturated carbocycles. The fourth-order valence-corrected chi connectivity index (χ4v) is 4.22. The summed E-state index contributed by atoms with van der Waals surface area (Å²) in [4.78, 5) is 59.4. The van der Waals surface area contributed by atoms with Gasteiger partial charge in [-0.2, -0.15) is 0 Å². The Morgan fingerprint density at radius 3 is 2.41 bits per heavy atom. The molecule has 9 nitrogen and oxygen atoms in total. The Hall–Kier alpha value is -3.59. The molecule has 0 unspecified atom stereocenters. The maximum Gasteiger partial charge on any atom is 0.338 e. The highest BCUT2D eigenvalue weighted by atomic mass is 16.5. The Bertz CT molecular complexity index is 1050. The Labute approximate surface area is 198 Å². The van der Waals surface area contributed by atoms with Crippen molar-refractivity contribution in [2.75, 3.05) is 37.7 Å². The molecule has 34 heavy (non-hydrogen) atoms.